The molecule has 0 amide bonds. The van der Waals surface area contributed by atoms with Gasteiger partial charge in [0.25, 0.3) is 0 Å². The maximum Gasteiger partial charge on any atom is 0.347 e. The van der Waals surface area contributed by atoms with Crippen LogP contribution in [0.15, 0.2) is 16.3 Å². The lowest BCUT2D eigenvalue weighted by atomic mass is 9.70. The van der Waals surface area contributed by atoms with Crippen molar-refractivity contribution in [2.45, 2.75) is 55.9 Å². The Bertz CT molecular complexity index is 652. The van der Waals surface area contributed by atoms with Gasteiger partial charge in [-0.05, 0) is 42.5 Å². The second kappa shape index (κ2) is 6.29. The lowest BCUT2D eigenvalue weighted by molar-refractivity contribution is 0.0698. The third-order valence-corrected chi connectivity index (χ3v) is 7.57. The quantitative estimate of drug-likeness (QED) is 0.880. The Morgan fingerprint density at radius 3 is 2.64 bits per heavy atom. The van der Waals surface area contributed by atoms with E-state index in [1.165, 1.54) is 37.1 Å². The summed E-state index contributed by atoms with van der Waals surface area (Å²) >= 11 is 0.946. The number of nitrogens with one attached hydrogen (secondary N) is 1. The molecule has 2 saturated carbocycles. The molecule has 0 radical (unpaired) electrons. The first-order valence-electron chi connectivity index (χ1n) is 7.80. The van der Waals surface area contributed by atoms with E-state index in [0.717, 1.165) is 36.5 Å². The van der Waals surface area contributed by atoms with Crippen LogP contribution < -0.4 is 4.72 Å². The van der Waals surface area contributed by atoms with Gasteiger partial charge >= 0.3 is 5.97 Å². The Balaban J connectivity index is 1.72. The summed E-state index contributed by atoms with van der Waals surface area (Å²) in [4.78, 5) is 10.9. The van der Waals surface area contributed by atoms with Gasteiger partial charge in [0.15, 0.2) is 0 Å². The highest BCUT2D eigenvalue weighted by atomic mass is 32.2. The van der Waals surface area contributed by atoms with Crippen LogP contribution in [0.1, 0.15) is 54.6 Å². The molecule has 0 bridgehead atoms. The van der Waals surface area contributed by atoms with Crippen LogP contribution >= 0.6 is 11.3 Å². The van der Waals surface area contributed by atoms with Crippen LogP contribution in [-0.2, 0) is 10.0 Å². The predicted octanol–water partition coefficient (Wildman–Crippen LogP) is 3.08. The molecule has 122 valence electrons. The molecule has 0 unspecified atom stereocenters. The zero-order valence-corrected chi connectivity index (χ0v) is 14.0. The molecule has 22 heavy (non-hydrogen) atoms. The lowest BCUT2D eigenvalue weighted by Crippen LogP contribution is -2.41. The molecule has 3 rings (SSSR count). The average molecular weight is 343 g/mol. The van der Waals surface area contributed by atoms with E-state index in [0.29, 0.717) is 5.92 Å². The fourth-order valence-corrected chi connectivity index (χ4v) is 6.47. The summed E-state index contributed by atoms with van der Waals surface area (Å²) in [5.41, 5.74) is 0. The van der Waals surface area contributed by atoms with E-state index < -0.39 is 16.0 Å². The van der Waals surface area contributed by atoms with Crippen molar-refractivity contribution in [3.8, 4) is 0 Å². The summed E-state index contributed by atoms with van der Waals surface area (Å²) < 4.78 is 27.7. The van der Waals surface area contributed by atoms with Crippen molar-refractivity contribution in [2.75, 3.05) is 0 Å². The van der Waals surface area contributed by atoms with E-state index in [4.69, 9.17) is 5.11 Å². The first kappa shape index (κ1) is 16.0. The number of sulfonamides is 1. The third kappa shape index (κ3) is 3.21. The minimum Gasteiger partial charge on any atom is -0.477 e. The van der Waals surface area contributed by atoms with Gasteiger partial charge in [-0.25, -0.2) is 17.9 Å². The van der Waals surface area contributed by atoms with E-state index in [1.807, 2.05) is 0 Å². The number of fused-ring (bicyclic) bond motifs is 1. The normalized spacial score (nSPS) is 29.0. The van der Waals surface area contributed by atoms with Crippen LogP contribution in [0.4, 0.5) is 0 Å². The summed E-state index contributed by atoms with van der Waals surface area (Å²) in [7, 11) is -3.75. The van der Waals surface area contributed by atoms with Crippen molar-refractivity contribution in [3.63, 3.8) is 0 Å². The van der Waals surface area contributed by atoms with Crippen LogP contribution in [0.2, 0.25) is 0 Å². The summed E-state index contributed by atoms with van der Waals surface area (Å²) in [6, 6.07) is 1.31. The molecular weight excluding hydrogens is 322 g/mol. The van der Waals surface area contributed by atoms with Crippen molar-refractivity contribution >= 4 is 27.3 Å². The number of carbonyl (C=O) groups is 1. The molecule has 3 atom stereocenters. The summed E-state index contributed by atoms with van der Waals surface area (Å²) in [5, 5.41) is 10.6. The van der Waals surface area contributed by atoms with Crippen LogP contribution in [0.25, 0.3) is 0 Å². The van der Waals surface area contributed by atoms with Crippen molar-refractivity contribution in [1.29, 1.82) is 0 Å². The Labute approximate surface area is 134 Å². The Morgan fingerprint density at radius 2 is 1.91 bits per heavy atom. The smallest absolute Gasteiger partial charge is 0.347 e. The fraction of sp³-hybridized carbons (Fsp3) is 0.667. The van der Waals surface area contributed by atoms with E-state index >= 15 is 0 Å². The Kier molecular flexibility index (Phi) is 4.56. The molecule has 1 aromatic heterocycles. The van der Waals surface area contributed by atoms with Crippen molar-refractivity contribution in [1.82, 2.24) is 4.72 Å². The first-order chi connectivity index (χ1) is 10.5. The van der Waals surface area contributed by atoms with Gasteiger partial charge in [0, 0.05) is 6.04 Å². The second-order valence-corrected chi connectivity index (χ2v) is 8.95. The Hall–Kier alpha value is -0.920. The molecule has 2 aliphatic carbocycles. The molecule has 0 aliphatic heterocycles. The highest BCUT2D eigenvalue weighted by Gasteiger charge is 2.35. The SMILES string of the molecule is O=C(O)c1sccc1S(=O)(=O)N[C@@H]1CC[C@H]2CCCC[C@H]2C1. The molecule has 0 aromatic carbocycles. The highest BCUT2D eigenvalue weighted by molar-refractivity contribution is 7.89. The average Bonchev–Trinajstić information content (AvgIpc) is 2.97. The predicted molar refractivity (Wildman–Crippen MR) is 84.7 cm³/mol. The highest BCUT2D eigenvalue weighted by Crippen LogP contribution is 2.40. The molecule has 2 aliphatic rings. The lowest BCUT2D eigenvalue weighted by Gasteiger charge is -2.39. The van der Waals surface area contributed by atoms with E-state index in [2.05, 4.69) is 4.72 Å². The number of thiophene rings is 1. The molecule has 5 nitrogen and oxygen atoms in total. The maximum atomic E-state index is 12.5. The number of carboxylic acid groups (broad SMARTS) is 1. The van der Waals surface area contributed by atoms with Gasteiger partial charge in [-0.15, -0.1) is 11.3 Å². The van der Waals surface area contributed by atoms with Gasteiger partial charge in [0.2, 0.25) is 10.0 Å². The summed E-state index contributed by atoms with van der Waals surface area (Å²) in [6.45, 7) is 0. The molecule has 2 N–H and O–H groups in total. The van der Waals surface area contributed by atoms with Crippen LogP contribution in [-0.4, -0.2) is 25.5 Å². The third-order valence-electron chi connectivity index (χ3n) is 4.97. The van der Waals surface area contributed by atoms with E-state index in [9.17, 15) is 13.2 Å². The first-order valence-corrected chi connectivity index (χ1v) is 10.2. The fourth-order valence-electron chi connectivity index (χ4n) is 3.93. The van der Waals surface area contributed by atoms with Crippen molar-refractivity contribution in [2.24, 2.45) is 11.8 Å². The van der Waals surface area contributed by atoms with Crippen molar-refractivity contribution < 1.29 is 18.3 Å². The minimum absolute atomic E-state index is 0.0640. The molecule has 0 saturated heterocycles. The van der Waals surface area contributed by atoms with Gasteiger partial charge in [-0.2, -0.15) is 0 Å². The van der Waals surface area contributed by atoms with Crippen molar-refractivity contribution in [3.05, 3.63) is 16.3 Å². The number of rotatable bonds is 4. The minimum atomic E-state index is -3.75. The number of aromatic carboxylic acids is 1. The Morgan fingerprint density at radius 1 is 1.18 bits per heavy atom. The second-order valence-electron chi connectivity index (χ2n) is 6.36. The van der Waals surface area contributed by atoms with Crippen LogP contribution in [0, 0.1) is 11.8 Å². The monoisotopic (exact) mass is 343 g/mol. The molecular formula is C15H21NO4S2. The van der Waals surface area contributed by atoms with E-state index in [1.54, 1.807) is 0 Å². The zero-order chi connectivity index (χ0) is 15.7. The molecule has 7 heteroatoms. The maximum absolute atomic E-state index is 12.5. The van der Waals surface area contributed by atoms with Gasteiger partial charge in [-0.3, -0.25) is 0 Å². The van der Waals surface area contributed by atoms with Gasteiger partial charge < -0.3 is 5.11 Å². The molecule has 1 heterocycles. The standard InChI is InChI=1S/C15H21NO4S2/c17-15(18)14-13(7-8-21-14)22(19,20)16-12-6-5-10-3-1-2-4-11(10)9-12/h7-8,10-12,16H,1-6,9H2,(H,17,18)/t10-,11+,12-/m1/s1. The summed E-state index contributed by atoms with van der Waals surface area (Å²) in [6.07, 6.45) is 7.83. The number of hydrogen-bond donors (Lipinski definition) is 2. The van der Waals surface area contributed by atoms with Crippen LogP contribution in [0.5, 0.6) is 0 Å². The number of carboxylic acids is 1. The summed E-state index contributed by atoms with van der Waals surface area (Å²) in [5.74, 6) is 0.188. The topological polar surface area (TPSA) is 83.5 Å². The number of hydrogen-bond acceptors (Lipinski definition) is 4. The van der Waals surface area contributed by atoms with Gasteiger partial charge in [0.1, 0.15) is 9.77 Å². The van der Waals surface area contributed by atoms with Crippen LogP contribution in [0.3, 0.4) is 0 Å². The van der Waals surface area contributed by atoms with E-state index in [-0.39, 0.29) is 15.8 Å². The molecule has 0 spiro atoms. The molecule has 2 fully saturated rings. The largest absolute Gasteiger partial charge is 0.477 e. The van der Waals surface area contributed by atoms with Gasteiger partial charge in [-0.1, -0.05) is 25.7 Å². The zero-order valence-electron chi connectivity index (χ0n) is 12.3. The molecule has 1 aromatic rings. The van der Waals surface area contributed by atoms with Gasteiger partial charge in [0.05, 0.1) is 0 Å².